The van der Waals surface area contributed by atoms with E-state index in [0.29, 0.717) is 31.9 Å². The Morgan fingerprint density at radius 2 is 1.79 bits per heavy atom. The van der Waals surface area contributed by atoms with Crippen LogP contribution in [-0.4, -0.2) is 35.5 Å². The summed E-state index contributed by atoms with van der Waals surface area (Å²) in [6.07, 6.45) is 9.36. The topological polar surface area (TPSA) is 66.8 Å². The number of unbranched alkanes of at least 4 members (excludes halogenated alkanes) is 4. The summed E-state index contributed by atoms with van der Waals surface area (Å²) in [5, 5.41) is 9.03. The van der Waals surface area contributed by atoms with Crippen molar-refractivity contribution in [3.8, 4) is 16.9 Å². The van der Waals surface area contributed by atoms with Crippen LogP contribution in [0.25, 0.3) is 11.1 Å². The summed E-state index contributed by atoms with van der Waals surface area (Å²) in [6, 6.07) is 14.3. The minimum atomic E-state index is -0.795. The Labute approximate surface area is 204 Å². The third-order valence-electron chi connectivity index (χ3n) is 6.42. The van der Waals surface area contributed by atoms with E-state index >= 15 is 0 Å². The maximum atomic E-state index is 12.6. The first-order valence-corrected chi connectivity index (χ1v) is 12.8. The van der Waals surface area contributed by atoms with E-state index in [4.69, 9.17) is 9.84 Å². The van der Waals surface area contributed by atoms with Crippen molar-refractivity contribution in [2.45, 2.75) is 77.7 Å². The molecule has 0 spiro atoms. The minimum Gasteiger partial charge on any atom is -0.493 e. The van der Waals surface area contributed by atoms with E-state index in [2.05, 4.69) is 25.1 Å². The molecule has 0 saturated heterocycles. The first kappa shape index (κ1) is 25.8. The Bertz CT molecular complexity index is 951. The Morgan fingerprint density at radius 3 is 2.53 bits per heavy atom. The van der Waals surface area contributed by atoms with Crippen LogP contribution < -0.4 is 4.74 Å². The molecule has 2 aromatic rings. The maximum Gasteiger partial charge on any atom is 0.303 e. The highest BCUT2D eigenvalue weighted by Gasteiger charge is 2.22. The van der Waals surface area contributed by atoms with Gasteiger partial charge in [-0.2, -0.15) is 0 Å². The van der Waals surface area contributed by atoms with Gasteiger partial charge in [-0.3, -0.25) is 9.59 Å². The molecule has 0 atom stereocenters. The lowest BCUT2D eigenvalue weighted by atomic mass is 9.99. The molecule has 0 heterocycles. The van der Waals surface area contributed by atoms with Crippen LogP contribution in [0.3, 0.4) is 0 Å². The van der Waals surface area contributed by atoms with Crippen LogP contribution in [0.1, 0.15) is 75.8 Å². The van der Waals surface area contributed by atoms with Gasteiger partial charge in [-0.25, -0.2) is 0 Å². The van der Waals surface area contributed by atoms with E-state index in [1.54, 1.807) is 0 Å². The summed E-state index contributed by atoms with van der Waals surface area (Å²) in [4.78, 5) is 25.4. The van der Waals surface area contributed by atoms with Gasteiger partial charge in [0.1, 0.15) is 5.75 Å². The fraction of sp³-hybridized carbons (Fsp3) is 0.517. The average molecular weight is 466 g/mol. The molecule has 0 radical (unpaired) electrons. The number of carbonyl (C=O) groups is 2. The summed E-state index contributed by atoms with van der Waals surface area (Å²) in [7, 11) is 1.88. The summed E-state index contributed by atoms with van der Waals surface area (Å²) in [6.45, 7) is 3.48. The number of amides is 1. The Balaban J connectivity index is 1.67. The zero-order chi connectivity index (χ0) is 24.3. The summed E-state index contributed by atoms with van der Waals surface area (Å²) >= 11 is 0. The van der Waals surface area contributed by atoms with Gasteiger partial charge in [-0.15, -0.1) is 0 Å². The molecular weight excluding hydrogens is 426 g/mol. The molecule has 0 bridgehead atoms. The quantitative estimate of drug-likeness (QED) is 0.306. The third kappa shape index (κ3) is 8.51. The minimum absolute atomic E-state index is 0.107. The number of carboxylic acids is 1. The van der Waals surface area contributed by atoms with Crippen molar-refractivity contribution in [2.24, 2.45) is 5.92 Å². The van der Waals surface area contributed by atoms with Gasteiger partial charge < -0.3 is 14.7 Å². The molecule has 3 rings (SSSR count). The highest BCUT2D eigenvalue weighted by molar-refractivity contribution is 5.76. The van der Waals surface area contributed by atoms with Gasteiger partial charge >= 0.3 is 5.97 Å². The van der Waals surface area contributed by atoms with E-state index in [1.807, 2.05) is 36.2 Å². The van der Waals surface area contributed by atoms with Gasteiger partial charge in [-0.05, 0) is 60.4 Å². The Morgan fingerprint density at radius 1 is 1.00 bits per heavy atom. The number of carboxylic acid groups (broad SMARTS) is 1. The molecular formula is C29H39NO4. The normalized spacial score (nSPS) is 13.0. The number of carbonyl (C=O) groups excluding carboxylic acids is 1. The second-order valence-electron chi connectivity index (χ2n) is 9.59. The van der Waals surface area contributed by atoms with E-state index in [9.17, 15) is 9.59 Å². The van der Waals surface area contributed by atoms with Crippen LogP contribution in [-0.2, 0) is 22.6 Å². The zero-order valence-corrected chi connectivity index (χ0v) is 20.7. The Kier molecular flexibility index (Phi) is 9.99. The van der Waals surface area contributed by atoms with Crippen LogP contribution >= 0.6 is 0 Å². The summed E-state index contributed by atoms with van der Waals surface area (Å²) in [5.74, 6) is 0.835. The van der Waals surface area contributed by atoms with E-state index < -0.39 is 5.97 Å². The molecule has 0 aliphatic heterocycles. The van der Waals surface area contributed by atoms with Crippen molar-refractivity contribution in [3.63, 3.8) is 0 Å². The fourth-order valence-corrected chi connectivity index (χ4v) is 4.09. The van der Waals surface area contributed by atoms with Crippen LogP contribution in [0.2, 0.25) is 0 Å². The molecule has 1 amide bonds. The first-order valence-electron chi connectivity index (χ1n) is 12.8. The van der Waals surface area contributed by atoms with Gasteiger partial charge in [0.15, 0.2) is 0 Å². The lowest BCUT2D eigenvalue weighted by Gasteiger charge is -2.18. The fourth-order valence-electron chi connectivity index (χ4n) is 4.09. The SMILES string of the molecule is CCCCCCCC(=O)N(C)Cc1cccc(-c2ccc(CCC(=O)O)cc2OCC2CC2)c1. The molecule has 184 valence electrons. The average Bonchev–Trinajstić information content (AvgIpc) is 3.66. The van der Waals surface area contributed by atoms with Crippen molar-refractivity contribution >= 4 is 11.9 Å². The molecule has 1 fully saturated rings. The van der Waals surface area contributed by atoms with Gasteiger partial charge in [0.05, 0.1) is 6.61 Å². The molecule has 1 saturated carbocycles. The van der Waals surface area contributed by atoms with E-state index in [-0.39, 0.29) is 12.3 Å². The predicted octanol–water partition coefficient (Wildman–Crippen LogP) is 6.48. The molecule has 1 aliphatic carbocycles. The molecule has 1 N–H and O–H groups in total. The van der Waals surface area contributed by atoms with Gasteiger partial charge in [0.25, 0.3) is 0 Å². The van der Waals surface area contributed by atoms with Crippen molar-refractivity contribution in [3.05, 3.63) is 53.6 Å². The van der Waals surface area contributed by atoms with Crippen LogP contribution in [0, 0.1) is 5.92 Å². The second kappa shape index (κ2) is 13.2. The number of aryl methyl sites for hydroxylation is 1. The Hall–Kier alpha value is -2.82. The molecule has 5 heteroatoms. The number of nitrogens with zero attached hydrogens (tertiary/aromatic N) is 1. The molecule has 5 nitrogen and oxygen atoms in total. The third-order valence-corrected chi connectivity index (χ3v) is 6.42. The highest BCUT2D eigenvalue weighted by atomic mass is 16.5. The van der Waals surface area contributed by atoms with E-state index in [0.717, 1.165) is 40.8 Å². The van der Waals surface area contributed by atoms with E-state index in [1.165, 1.54) is 32.1 Å². The summed E-state index contributed by atoms with van der Waals surface area (Å²) in [5.41, 5.74) is 4.11. The number of hydrogen-bond acceptors (Lipinski definition) is 3. The van der Waals surface area contributed by atoms with Crippen LogP contribution in [0.4, 0.5) is 0 Å². The molecule has 1 aliphatic rings. The smallest absolute Gasteiger partial charge is 0.303 e. The lowest BCUT2D eigenvalue weighted by Crippen LogP contribution is -2.25. The van der Waals surface area contributed by atoms with Crippen molar-refractivity contribution in [1.82, 2.24) is 4.90 Å². The first-order chi connectivity index (χ1) is 16.5. The standard InChI is InChI=1S/C29H39NO4/c1-3-4-5-6-7-11-28(31)30(2)20-24-9-8-10-25(18-24)26-16-14-22(15-17-29(32)33)19-27(26)34-21-23-12-13-23/h8-10,14,16,18-19,23H,3-7,11-13,15,17,20-21H2,1-2H3,(H,32,33). The number of benzene rings is 2. The molecule has 2 aromatic carbocycles. The van der Waals surface area contributed by atoms with Gasteiger partial charge in [-0.1, -0.05) is 62.9 Å². The lowest BCUT2D eigenvalue weighted by molar-refractivity contribution is -0.137. The van der Waals surface area contributed by atoms with Crippen LogP contribution in [0.15, 0.2) is 42.5 Å². The van der Waals surface area contributed by atoms with Crippen molar-refractivity contribution in [2.75, 3.05) is 13.7 Å². The molecule has 34 heavy (non-hydrogen) atoms. The largest absolute Gasteiger partial charge is 0.493 e. The maximum absolute atomic E-state index is 12.6. The van der Waals surface area contributed by atoms with Crippen molar-refractivity contribution in [1.29, 1.82) is 0 Å². The zero-order valence-electron chi connectivity index (χ0n) is 20.7. The van der Waals surface area contributed by atoms with Gasteiger partial charge in [0, 0.05) is 32.0 Å². The van der Waals surface area contributed by atoms with Crippen LogP contribution in [0.5, 0.6) is 5.75 Å². The number of rotatable bonds is 15. The summed E-state index contributed by atoms with van der Waals surface area (Å²) < 4.78 is 6.18. The predicted molar refractivity (Wildman–Crippen MR) is 136 cm³/mol. The second-order valence-corrected chi connectivity index (χ2v) is 9.59. The molecule has 0 aromatic heterocycles. The number of ether oxygens (including phenoxy) is 1. The molecule has 0 unspecified atom stereocenters. The highest BCUT2D eigenvalue weighted by Crippen LogP contribution is 2.35. The number of aliphatic carboxylic acids is 1. The number of hydrogen-bond donors (Lipinski definition) is 1. The van der Waals surface area contributed by atoms with Gasteiger partial charge in [0.2, 0.25) is 5.91 Å². The van der Waals surface area contributed by atoms with Crippen molar-refractivity contribution < 1.29 is 19.4 Å². The monoisotopic (exact) mass is 465 g/mol.